The number of benzene rings is 1. The van der Waals surface area contributed by atoms with Gasteiger partial charge in [0.05, 0.1) is 10.0 Å². The fourth-order valence-corrected chi connectivity index (χ4v) is 2.63. The van der Waals surface area contributed by atoms with Crippen LogP contribution >= 0.6 is 33.9 Å². The second-order valence-electron chi connectivity index (χ2n) is 2.53. The molecule has 0 aromatic heterocycles. The average Bonchev–Trinajstić information content (AvgIpc) is 2.08. The topological polar surface area (TPSA) is 43.4 Å². The summed E-state index contributed by atoms with van der Waals surface area (Å²) in [5, 5.41) is -0.600. The van der Waals surface area contributed by atoms with Crippen molar-refractivity contribution in [1.82, 2.24) is 0 Å². The van der Waals surface area contributed by atoms with Gasteiger partial charge in [0.1, 0.15) is 10.6 Å². The van der Waals surface area contributed by atoms with E-state index in [0.29, 0.717) is 0 Å². The van der Waals surface area contributed by atoms with Crippen molar-refractivity contribution in [3.63, 3.8) is 0 Å². The molecule has 0 amide bonds. The van der Waals surface area contributed by atoms with Crippen molar-refractivity contribution in [3.8, 4) is 5.75 Å². The number of halogens is 5. The smallest absolute Gasteiger partial charge is 0.387 e. The molecule has 1 aromatic rings. The van der Waals surface area contributed by atoms with Crippen LogP contribution in [0.1, 0.15) is 0 Å². The molecule has 0 aliphatic rings. The summed E-state index contributed by atoms with van der Waals surface area (Å²) in [5.41, 5.74) is 0. The Morgan fingerprint density at radius 3 is 2.25 bits per heavy atom. The molecular weight excluding hydrogens is 308 g/mol. The lowest BCUT2D eigenvalue weighted by molar-refractivity contribution is -0.0499. The number of rotatable bonds is 3. The molecule has 9 heteroatoms. The predicted molar refractivity (Wildman–Crippen MR) is 56.1 cm³/mol. The van der Waals surface area contributed by atoms with E-state index in [4.69, 9.17) is 33.9 Å². The van der Waals surface area contributed by atoms with E-state index in [1.54, 1.807) is 0 Å². The van der Waals surface area contributed by atoms with Gasteiger partial charge in [0.2, 0.25) is 0 Å². The number of hydrogen-bond donors (Lipinski definition) is 0. The first-order valence-corrected chi connectivity index (χ1v) is 6.67. The van der Waals surface area contributed by atoms with Crippen molar-refractivity contribution >= 4 is 42.9 Å². The van der Waals surface area contributed by atoms with Crippen LogP contribution in [0.5, 0.6) is 5.75 Å². The van der Waals surface area contributed by atoms with E-state index in [1.807, 2.05) is 0 Å². The Bertz CT molecular complexity index is 504. The number of ether oxygens (including phenoxy) is 1. The summed E-state index contributed by atoms with van der Waals surface area (Å²) in [6.07, 6.45) is 0. The van der Waals surface area contributed by atoms with Gasteiger partial charge in [-0.3, -0.25) is 0 Å². The molecule has 0 unspecified atom stereocenters. The van der Waals surface area contributed by atoms with Crippen molar-refractivity contribution in [2.45, 2.75) is 11.5 Å². The molecule has 0 aliphatic heterocycles. The van der Waals surface area contributed by atoms with Crippen LogP contribution in [0.15, 0.2) is 17.0 Å². The molecule has 90 valence electrons. The van der Waals surface area contributed by atoms with Gasteiger partial charge in [-0.25, -0.2) is 8.42 Å². The molecule has 0 spiro atoms. The van der Waals surface area contributed by atoms with Gasteiger partial charge in [0, 0.05) is 22.8 Å². The lowest BCUT2D eigenvalue weighted by Crippen LogP contribution is -2.03. The minimum Gasteiger partial charge on any atom is -0.435 e. The molecule has 0 saturated carbocycles. The maximum atomic E-state index is 11.9. The van der Waals surface area contributed by atoms with Gasteiger partial charge in [-0.05, 0) is 0 Å². The SMILES string of the molecule is O=S(=O)(Cl)c1cc(OC(F)F)cc(Cl)c1Cl. The summed E-state index contributed by atoms with van der Waals surface area (Å²) in [7, 11) is 0.847. The van der Waals surface area contributed by atoms with E-state index in [-0.39, 0.29) is 10.0 Å². The van der Waals surface area contributed by atoms with Gasteiger partial charge in [0.15, 0.2) is 0 Å². The summed E-state index contributed by atoms with van der Waals surface area (Å²) in [6, 6.07) is 1.73. The highest BCUT2D eigenvalue weighted by Crippen LogP contribution is 2.35. The van der Waals surface area contributed by atoms with Crippen LogP contribution < -0.4 is 4.74 Å². The molecule has 16 heavy (non-hydrogen) atoms. The first-order valence-electron chi connectivity index (χ1n) is 3.60. The summed E-state index contributed by atoms with van der Waals surface area (Å²) >= 11 is 11.1. The molecule has 3 nitrogen and oxygen atoms in total. The predicted octanol–water partition coefficient (Wildman–Crippen LogP) is 3.52. The monoisotopic (exact) mass is 310 g/mol. The highest BCUT2D eigenvalue weighted by molar-refractivity contribution is 8.13. The molecule has 1 rings (SSSR count). The molecule has 0 radical (unpaired) electrons. The van der Waals surface area contributed by atoms with Crippen LogP contribution in [0.25, 0.3) is 0 Å². The van der Waals surface area contributed by atoms with Gasteiger partial charge in [-0.2, -0.15) is 8.78 Å². The fourth-order valence-electron chi connectivity index (χ4n) is 0.889. The van der Waals surface area contributed by atoms with E-state index < -0.39 is 26.3 Å². The van der Waals surface area contributed by atoms with E-state index >= 15 is 0 Å². The molecule has 0 atom stereocenters. The first kappa shape index (κ1) is 13.8. The molecule has 0 aliphatic carbocycles. The normalized spacial score (nSPS) is 11.9. The Labute approximate surface area is 104 Å². The van der Waals surface area contributed by atoms with E-state index in [9.17, 15) is 17.2 Å². The highest BCUT2D eigenvalue weighted by Gasteiger charge is 2.20. The van der Waals surface area contributed by atoms with Crippen molar-refractivity contribution in [1.29, 1.82) is 0 Å². The zero-order valence-electron chi connectivity index (χ0n) is 7.25. The maximum absolute atomic E-state index is 11.9. The Morgan fingerprint density at radius 2 is 1.81 bits per heavy atom. The second kappa shape index (κ2) is 4.91. The van der Waals surface area contributed by atoms with Crippen molar-refractivity contribution < 1.29 is 21.9 Å². The highest BCUT2D eigenvalue weighted by atomic mass is 35.7. The van der Waals surface area contributed by atoms with Crippen molar-refractivity contribution in [2.24, 2.45) is 0 Å². The molecule has 0 heterocycles. The number of hydrogen-bond acceptors (Lipinski definition) is 3. The Balaban J connectivity index is 3.34. The standard InChI is InChI=1S/C7H3Cl3F2O3S/c8-4-1-3(15-7(11)12)2-5(6(4)9)16(10,13)14/h1-2,7H. The summed E-state index contributed by atoms with van der Waals surface area (Å²) in [5.74, 6) is -0.441. The molecular formula is C7H3Cl3F2O3S. The van der Waals surface area contributed by atoms with Crippen LogP contribution in [0.4, 0.5) is 8.78 Å². The van der Waals surface area contributed by atoms with Crippen LogP contribution in [0.3, 0.4) is 0 Å². The lowest BCUT2D eigenvalue weighted by Gasteiger charge is -2.08. The molecule has 0 N–H and O–H groups in total. The maximum Gasteiger partial charge on any atom is 0.387 e. The first-order chi connectivity index (χ1) is 7.21. The second-order valence-corrected chi connectivity index (χ2v) is 5.85. The van der Waals surface area contributed by atoms with Crippen molar-refractivity contribution in [2.75, 3.05) is 0 Å². The minimum absolute atomic E-state index is 0.251. The third kappa shape index (κ3) is 3.35. The molecule has 0 fully saturated rings. The zero-order valence-corrected chi connectivity index (χ0v) is 10.3. The quantitative estimate of drug-likeness (QED) is 0.802. The van der Waals surface area contributed by atoms with Crippen LogP contribution in [0.2, 0.25) is 10.0 Å². The van der Waals surface area contributed by atoms with Crippen LogP contribution in [0, 0.1) is 0 Å². The summed E-state index contributed by atoms with van der Waals surface area (Å²) in [4.78, 5) is -0.584. The van der Waals surface area contributed by atoms with E-state index in [0.717, 1.165) is 12.1 Å². The van der Waals surface area contributed by atoms with Gasteiger partial charge in [-0.15, -0.1) is 0 Å². The molecule has 0 saturated heterocycles. The van der Waals surface area contributed by atoms with Gasteiger partial charge in [-0.1, -0.05) is 23.2 Å². The summed E-state index contributed by atoms with van der Waals surface area (Å²) in [6.45, 7) is -3.11. The Hall–Kier alpha value is -0.300. The zero-order chi connectivity index (χ0) is 12.5. The van der Waals surface area contributed by atoms with Gasteiger partial charge < -0.3 is 4.74 Å². The average molecular weight is 312 g/mol. The van der Waals surface area contributed by atoms with Crippen LogP contribution in [-0.4, -0.2) is 15.0 Å². The van der Waals surface area contributed by atoms with E-state index in [2.05, 4.69) is 4.74 Å². The molecule has 1 aromatic carbocycles. The van der Waals surface area contributed by atoms with Crippen LogP contribution in [-0.2, 0) is 9.05 Å². The minimum atomic E-state index is -4.18. The third-order valence-corrected chi connectivity index (χ3v) is 3.72. The fraction of sp³-hybridized carbons (Fsp3) is 0.143. The lowest BCUT2D eigenvalue weighted by atomic mass is 10.3. The summed E-state index contributed by atoms with van der Waals surface area (Å²) < 4.78 is 49.8. The van der Waals surface area contributed by atoms with Crippen molar-refractivity contribution in [3.05, 3.63) is 22.2 Å². The third-order valence-electron chi connectivity index (χ3n) is 1.46. The van der Waals surface area contributed by atoms with Gasteiger partial charge in [0.25, 0.3) is 9.05 Å². The molecule has 0 bridgehead atoms. The van der Waals surface area contributed by atoms with E-state index in [1.165, 1.54) is 0 Å². The Kier molecular flexibility index (Phi) is 4.23. The number of alkyl halides is 2. The Morgan fingerprint density at radius 1 is 1.25 bits per heavy atom. The largest absolute Gasteiger partial charge is 0.435 e. The van der Waals surface area contributed by atoms with Gasteiger partial charge >= 0.3 is 6.61 Å².